The molecule has 0 aromatic carbocycles. The third-order valence-electron chi connectivity index (χ3n) is 4.25. The Morgan fingerprint density at radius 3 is 2.71 bits per heavy atom. The van der Waals surface area contributed by atoms with Crippen LogP contribution in [-0.4, -0.2) is 36.1 Å². The van der Waals surface area contributed by atoms with Crippen molar-refractivity contribution < 1.29 is 0 Å². The number of rotatable bonds is 4. The summed E-state index contributed by atoms with van der Waals surface area (Å²) >= 11 is 0. The lowest BCUT2D eigenvalue weighted by atomic mass is 9.92. The molecule has 0 bridgehead atoms. The monoisotopic (exact) mass is 235 g/mol. The summed E-state index contributed by atoms with van der Waals surface area (Å²) in [6.07, 6.45) is 5.84. The first-order valence-electron chi connectivity index (χ1n) is 7.05. The summed E-state index contributed by atoms with van der Waals surface area (Å²) in [5, 5.41) is 13.1. The van der Waals surface area contributed by atoms with Crippen molar-refractivity contribution in [3.05, 3.63) is 0 Å². The van der Waals surface area contributed by atoms with Gasteiger partial charge >= 0.3 is 0 Å². The molecule has 1 aliphatic heterocycles. The van der Waals surface area contributed by atoms with E-state index in [2.05, 4.69) is 30.1 Å². The molecule has 1 saturated carbocycles. The van der Waals surface area contributed by atoms with Crippen molar-refractivity contribution in [3.63, 3.8) is 0 Å². The molecule has 1 unspecified atom stereocenters. The van der Waals surface area contributed by atoms with Crippen LogP contribution in [0, 0.1) is 17.2 Å². The van der Waals surface area contributed by atoms with Gasteiger partial charge in [0.25, 0.3) is 0 Å². The predicted octanol–water partition coefficient (Wildman–Crippen LogP) is 2.14. The van der Waals surface area contributed by atoms with E-state index in [9.17, 15) is 5.26 Å². The minimum absolute atomic E-state index is 0.244. The molecule has 1 saturated heterocycles. The third kappa shape index (κ3) is 3.43. The van der Waals surface area contributed by atoms with Gasteiger partial charge in [-0.1, -0.05) is 0 Å². The van der Waals surface area contributed by atoms with E-state index >= 15 is 0 Å². The average molecular weight is 235 g/mol. The van der Waals surface area contributed by atoms with Gasteiger partial charge in [0, 0.05) is 12.6 Å². The summed E-state index contributed by atoms with van der Waals surface area (Å²) in [6.45, 7) is 7.75. The van der Waals surface area contributed by atoms with Crippen molar-refractivity contribution in [3.8, 4) is 6.07 Å². The van der Waals surface area contributed by atoms with Crippen LogP contribution in [0.5, 0.6) is 0 Å². The maximum Gasteiger partial charge on any atom is 0.108 e. The smallest absolute Gasteiger partial charge is 0.108 e. The van der Waals surface area contributed by atoms with Gasteiger partial charge in [-0.05, 0) is 65.0 Å². The highest BCUT2D eigenvalue weighted by atomic mass is 15.2. The molecule has 1 atom stereocenters. The maximum absolute atomic E-state index is 9.49. The van der Waals surface area contributed by atoms with Gasteiger partial charge < -0.3 is 4.90 Å². The zero-order valence-corrected chi connectivity index (χ0v) is 11.2. The van der Waals surface area contributed by atoms with E-state index in [4.69, 9.17) is 0 Å². The number of hydrogen-bond acceptors (Lipinski definition) is 3. The van der Waals surface area contributed by atoms with Crippen molar-refractivity contribution in [1.29, 1.82) is 5.26 Å². The van der Waals surface area contributed by atoms with Crippen molar-refractivity contribution in [2.45, 2.75) is 57.5 Å². The molecule has 2 aliphatic rings. The normalized spacial score (nSPS) is 31.2. The lowest BCUT2D eigenvalue weighted by Crippen LogP contribution is -2.45. The Labute approximate surface area is 105 Å². The molecular formula is C14H25N3. The average Bonchev–Trinajstić information content (AvgIpc) is 3.13. The summed E-state index contributed by atoms with van der Waals surface area (Å²) in [5.41, 5.74) is -0.244. The van der Waals surface area contributed by atoms with E-state index in [-0.39, 0.29) is 5.54 Å². The zero-order valence-electron chi connectivity index (χ0n) is 11.2. The second kappa shape index (κ2) is 5.37. The molecule has 3 heteroatoms. The van der Waals surface area contributed by atoms with Gasteiger partial charge in [-0.3, -0.25) is 5.32 Å². The Morgan fingerprint density at radius 1 is 1.35 bits per heavy atom. The Bertz CT molecular complexity index is 290. The number of nitrogens with zero attached hydrogens (tertiary/aromatic N) is 2. The Balaban J connectivity index is 1.90. The lowest BCUT2D eigenvalue weighted by molar-refractivity contribution is 0.225. The summed E-state index contributed by atoms with van der Waals surface area (Å²) in [7, 11) is 0. The van der Waals surface area contributed by atoms with Crippen LogP contribution in [-0.2, 0) is 0 Å². The summed E-state index contributed by atoms with van der Waals surface area (Å²) < 4.78 is 0. The molecule has 1 heterocycles. The van der Waals surface area contributed by atoms with E-state index in [1.807, 2.05) is 0 Å². The number of nitriles is 1. The molecular weight excluding hydrogens is 210 g/mol. The van der Waals surface area contributed by atoms with Gasteiger partial charge in [0.2, 0.25) is 0 Å². The highest BCUT2D eigenvalue weighted by Gasteiger charge is 2.34. The second-order valence-electron chi connectivity index (χ2n) is 6.00. The van der Waals surface area contributed by atoms with Crippen molar-refractivity contribution in [2.75, 3.05) is 19.6 Å². The zero-order chi connectivity index (χ0) is 12.3. The molecule has 17 heavy (non-hydrogen) atoms. The van der Waals surface area contributed by atoms with E-state index in [1.54, 1.807) is 0 Å². The van der Waals surface area contributed by atoms with Gasteiger partial charge in [-0.15, -0.1) is 0 Å². The van der Waals surface area contributed by atoms with Crippen LogP contribution in [0.2, 0.25) is 0 Å². The first-order valence-corrected chi connectivity index (χ1v) is 7.05. The van der Waals surface area contributed by atoms with Crippen LogP contribution in [0.1, 0.15) is 46.0 Å². The molecule has 1 N–H and O–H groups in total. The SMILES string of the molecule is CC(C)N1CCCC(C#N)(NCC2CC2)CC1. The van der Waals surface area contributed by atoms with Crippen molar-refractivity contribution >= 4 is 0 Å². The summed E-state index contributed by atoms with van der Waals surface area (Å²) in [4.78, 5) is 2.50. The fourth-order valence-electron chi connectivity index (χ4n) is 2.66. The summed E-state index contributed by atoms with van der Waals surface area (Å²) in [6, 6.07) is 3.17. The minimum Gasteiger partial charge on any atom is -0.301 e. The van der Waals surface area contributed by atoms with Crippen LogP contribution in [0.3, 0.4) is 0 Å². The molecule has 1 aliphatic carbocycles. The van der Waals surface area contributed by atoms with Gasteiger partial charge in [-0.25, -0.2) is 0 Å². The molecule has 96 valence electrons. The van der Waals surface area contributed by atoms with Gasteiger partial charge in [0.15, 0.2) is 0 Å². The number of nitrogens with one attached hydrogen (secondary N) is 1. The topological polar surface area (TPSA) is 39.1 Å². The fourth-order valence-corrected chi connectivity index (χ4v) is 2.66. The second-order valence-corrected chi connectivity index (χ2v) is 6.00. The van der Waals surface area contributed by atoms with E-state index in [1.165, 1.54) is 12.8 Å². The van der Waals surface area contributed by atoms with Gasteiger partial charge in [0.05, 0.1) is 6.07 Å². The van der Waals surface area contributed by atoms with Crippen LogP contribution < -0.4 is 5.32 Å². The first kappa shape index (κ1) is 12.9. The van der Waals surface area contributed by atoms with Gasteiger partial charge in [-0.2, -0.15) is 5.26 Å². The third-order valence-corrected chi connectivity index (χ3v) is 4.25. The van der Waals surface area contributed by atoms with Crippen LogP contribution in [0.25, 0.3) is 0 Å². The van der Waals surface area contributed by atoms with Crippen LogP contribution in [0.15, 0.2) is 0 Å². The van der Waals surface area contributed by atoms with E-state index in [0.717, 1.165) is 44.8 Å². The molecule has 3 nitrogen and oxygen atoms in total. The van der Waals surface area contributed by atoms with Crippen molar-refractivity contribution in [1.82, 2.24) is 10.2 Å². The van der Waals surface area contributed by atoms with E-state index in [0.29, 0.717) is 6.04 Å². The molecule has 0 amide bonds. The molecule has 0 aromatic rings. The Hall–Kier alpha value is -0.590. The lowest BCUT2D eigenvalue weighted by Gasteiger charge is -2.28. The first-order chi connectivity index (χ1) is 8.15. The molecule has 0 radical (unpaired) electrons. The summed E-state index contributed by atoms with van der Waals surface area (Å²) in [5.74, 6) is 0.852. The van der Waals surface area contributed by atoms with E-state index < -0.39 is 0 Å². The molecule has 2 rings (SSSR count). The van der Waals surface area contributed by atoms with Crippen molar-refractivity contribution in [2.24, 2.45) is 5.92 Å². The molecule has 0 spiro atoms. The number of hydrogen-bond donors (Lipinski definition) is 1. The number of likely N-dealkylation sites (tertiary alicyclic amines) is 1. The highest BCUT2D eigenvalue weighted by molar-refractivity contribution is 5.09. The molecule has 2 fully saturated rings. The Kier molecular flexibility index (Phi) is 4.06. The Morgan fingerprint density at radius 2 is 2.12 bits per heavy atom. The standard InChI is InChI=1S/C14H25N3/c1-12(2)17-8-3-6-14(11-15,7-9-17)16-10-13-4-5-13/h12-13,16H,3-10H2,1-2H3. The fraction of sp³-hybridized carbons (Fsp3) is 0.929. The predicted molar refractivity (Wildman–Crippen MR) is 69.6 cm³/mol. The van der Waals surface area contributed by atoms with Crippen LogP contribution in [0.4, 0.5) is 0 Å². The maximum atomic E-state index is 9.49. The van der Waals surface area contributed by atoms with Crippen LogP contribution >= 0.6 is 0 Å². The minimum atomic E-state index is -0.244. The largest absolute Gasteiger partial charge is 0.301 e. The quantitative estimate of drug-likeness (QED) is 0.811. The van der Waals surface area contributed by atoms with Gasteiger partial charge in [0.1, 0.15) is 5.54 Å². The molecule has 0 aromatic heterocycles. The highest BCUT2D eigenvalue weighted by Crippen LogP contribution is 2.30.